The van der Waals surface area contributed by atoms with Crippen LogP contribution in [-0.2, 0) is 13.6 Å². The van der Waals surface area contributed by atoms with Gasteiger partial charge in [0.15, 0.2) is 0 Å². The number of phenols is 1. The van der Waals surface area contributed by atoms with E-state index in [2.05, 4.69) is 0 Å². The molecule has 0 spiro atoms. The smallest absolute Gasteiger partial charge is 0.338 e. The average molecular weight is 300 g/mol. The summed E-state index contributed by atoms with van der Waals surface area (Å²) in [5.41, 5.74) is 0.174. The molecule has 0 aromatic heterocycles. The molecule has 20 heavy (non-hydrogen) atoms. The fourth-order valence-corrected chi connectivity index (χ4v) is 4.94. The predicted molar refractivity (Wildman–Crippen MR) is 81.2 cm³/mol. The Morgan fingerprint density at radius 1 is 1.10 bits per heavy atom. The summed E-state index contributed by atoms with van der Waals surface area (Å²) in [7, 11) is -3.27. The number of hydrogen-bond acceptors (Lipinski definition) is 4. The third-order valence-corrected chi connectivity index (χ3v) is 5.90. The molecule has 114 valence electrons. The highest BCUT2D eigenvalue weighted by Crippen LogP contribution is 2.67. The van der Waals surface area contributed by atoms with Gasteiger partial charge in [-0.25, -0.2) is 0 Å². The van der Waals surface area contributed by atoms with Gasteiger partial charge in [-0.05, 0) is 37.0 Å². The van der Waals surface area contributed by atoms with E-state index >= 15 is 0 Å². The van der Waals surface area contributed by atoms with Crippen LogP contribution in [0.2, 0.25) is 0 Å². The molecule has 5 heteroatoms. The topological polar surface area (TPSA) is 55.8 Å². The van der Waals surface area contributed by atoms with Crippen molar-refractivity contribution in [2.24, 2.45) is 5.41 Å². The van der Waals surface area contributed by atoms with Gasteiger partial charge in [-0.1, -0.05) is 32.9 Å². The second kappa shape index (κ2) is 6.75. The van der Waals surface area contributed by atoms with Crippen molar-refractivity contribution < 1.29 is 18.7 Å². The largest absolute Gasteiger partial charge is 0.508 e. The summed E-state index contributed by atoms with van der Waals surface area (Å²) in [6, 6.07) is 6.73. The van der Waals surface area contributed by atoms with Crippen molar-refractivity contribution in [3.63, 3.8) is 0 Å². The lowest BCUT2D eigenvalue weighted by Crippen LogP contribution is -2.21. The molecule has 1 unspecified atom stereocenters. The maximum Gasteiger partial charge on any atom is 0.338 e. The predicted octanol–water partition coefficient (Wildman–Crippen LogP) is 4.75. The maximum absolute atomic E-state index is 13.1. The molecule has 1 aromatic carbocycles. The molecule has 0 saturated heterocycles. The molecule has 0 amide bonds. The monoisotopic (exact) mass is 300 g/mol. The fourth-order valence-electron chi connectivity index (χ4n) is 2.36. The first-order chi connectivity index (χ1) is 9.24. The van der Waals surface area contributed by atoms with E-state index in [1.165, 1.54) is 0 Å². The first-order valence-electron chi connectivity index (χ1n) is 6.92. The third-order valence-electron chi connectivity index (χ3n) is 2.96. The third kappa shape index (κ3) is 4.08. The van der Waals surface area contributed by atoms with Crippen LogP contribution >= 0.6 is 7.60 Å². The Labute approximate surface area is 121 Å². The summed E-state index contributed by atoms with van der Waals surface area (Å²) in [6.07, 6.45) is 0. The van der Waals surface area contributed by atoms with Gasteiger partial charge >= 0.3 is 7.60 Å². The van der Waals surface area contributed by atoms with E-state index in [0.717, 1.165) is 5.56 Å². The van der Waals surface area contributed by atoms with E-state index in [1.807, 2.05) is 34.6 Å². The minimum Gasteiger partial charge on any atom is -0.508 e. The average Bonchev–Trinajstić information content (AvgIpc) is 2.30. The fraction of sp³-hybridized carbons (Fsp3) is 0.600. The van der Waals surface area contributed by atoms with Crippen molar-refractivity contribution in [3.05, 3.63) is 29.8 Å². The molecule has 1 atom stereocenters. The summed E-state index contributed by atoms with van der Waals surface area (Å²) in [5, 5.41) is 9.42. The molecule has 1 aromatic rings. The second-order valence-electron chi connectivity index (χ2n) is 5.74. The number of benzene rings is 1. The van der Waals surface area contributed by atoms with Crippen LogP contribution in [0.3, 0.4) is 0 Å². The molecule has 0 fully saturated rings. The lowest BCUT2D eigenvalue weighted by molar-refractivity contribution is 0.192. The molecule has 0 heterocycles. The Balaban J connectivity index is 3.30. The highest BCUT2D eigenvalue weighted by molar-refractivity contribution is 7.54. The first-order valence-corrected chi connectivity index (χ1v) is 8.53. The van der Waals surface area contributed by atoms with Crippen LogP contribution in [0.4, 0.5) is 0 Å². The highest BCUT2D eigenvalue weighted by atomic mass is 31.2. The molecular formula is C15H25O4P. The molecule has 0 aliphatic carbocycles. The van der Waals surface area contributed by atoms with Gasteiger partial charge in [0.25, 0.3) is 0 Å². The van der Waals surface area contributed by atoms with Crippen molar-refractivity contribution in [2.45, 2.75) is 40.3 Å². The van der Waals surface area contributed by atoms with Gasteiger partial charge in [-0.3, -0.25) is 4.57 Å². The lowest BCUT2D eigenvalue weighted by Gasteiger charge is -2.36. The van der Waals surface area contributed by atoms with Crippen molar-refractivity contribution in [2.75, 3.05) is 13.2 Å². The summed E-state index contributed by atoms with van der Waals surface area (Å²) in [5.74, 6) is 0.184. The zero-order valence-corrected chi connectivity index (χ0v) is 13.8. The zero-order chi connectivity index (χ0) is 15.4. The number of hydrogen-bond donors (Lipinski definition) is 1. The molecular weight excluding hydrogens is 275 g/mol. The summed E-state index contributed by atoms with van der Waals surface area (Å²) in [4.78, 5) is 0. The van der Waals surface area contributed by atoms with Gasteiger partial charge in [0.2, 0.25) is 0 Å². The quantitative estimate of drug-likeness (QED) is 0.770. The lowest BCUT2D eigenvalue weighted by atomic mass is 9.87. The Morgan fingerprint density at radius 3 is 1.90 bits per heavy atom. The maximum atomic E-state index is 13.1. The Morgan fingerprint density at radius 2 is 1.55 bits per heavy atom. The van der Waals surface area contributed by atoms with Crippen molar-refractivity contribution in [3.8, 4) is 5.75 Å². The van der Waals surface area contributed by atoms with Crippen LogP contribution in [0.1, 0.15) is 45.8 Å². The van der Waals surface area contributed by atoms with Crippen LogP contribution in [0.5, 0.6) is 5.75 Å². The van der Waals surface area contributed by atoms with E-state index in [0.29, 0.717) is 13.2 Å². The molecule has 0 bridgehead atoms. The van der Waals surface area contributed by atoms with Gasteiger partial charge < -0.3 is 14.2 Å². The normalized spacial score (nSPS) is 14.2. The van der Waals surface area contributed by atoms with Gasteiger partial charge in [-0.2, -0.15) is 0 Å². The van der Waals surface area contributed by atoms with Gasteiger partial charge in [-0.15, -0.1) is 0 Å². The van der Waals surface area contributed by atoms with E-state index in [9.17, 15) is 9.67 Å². The number of phenolic OH excluding ortho intramolecular Hbond substituents is 1. The van der Waals surface area contributed by atoms with Gasteiger partial charge in [0.05, 0.1) is 18.9 Å². The Hall–Kier alpha value is -0.830. The minimum atomic E-state index is -3.27. The van der Waals surface area contributed by atoms with Crippen LogP contribution in [-0.4, -0.2) is 18.3 Å². The van der Waals surface area contributed by atoms with Gasteiger partial charge in [0, 0.05) is 0 Å². The van der Waals surface area contributed by atoms with Crippen LogP contribution < -0.4 is 0 Å². The zero-order valence-electron chi connectivity index (χ0n) is 12.9. The van der Waals surface area contributed by atoms with E-state index < -0.39 is 7.60 Å². The van der Waals surface area contributed by atoms with E-state index in [-0.39, 0.29) is 16.8 Å². The summed E-state index contributed by atoms with van der Waals surface area (Å²) < 4.78 is 24.2. The molecule has 1 rings (SSSR count). The molecule has 0 radical (unpaired) electrons. The molecule has 0 aliphatic rings. The minimum absolute atomic E-state index is 0.184. The standard InChI is InChI=1S/C15H25O4P/c1-6-18-20(17,19-7-2)14(15(3,4)5)12-8-10-13(16)11-9-12/h8-11,14,16H,6-7H2,1-5H3. The van der Waals surface area contributed by atoms with Gasteiger partial charge in [0.1, 0.15) is 5.75 Å². The van der Waals surface area contributed by atoms with Crippen molar-refractivity contribution in [1.29, 1.82) is 0 Å². The highest BCUT2D eigenvalue weighted by Gasteiger charge is 2.44. The second-order valence-corrected chi connectivity index (χ2v) is 7.85. The van der Waals surface area contributed by atoms with Crippen molar-refractivity contribution >= 4 is 7.60 Å². The van der Waals surface area contributed by atoms with E-state index in [1.54, 1.807) is 24.3 Å². The number of aromatic hydroxyl groups is 1. The first kappa shape index (κ1) is 17.2. The summed E-state index contributed by atoms with van der Waals surface area (Å²) >= 11 is 0. The van der Waals surface area contributed by atoms with Crippen LogP contribution in [0, 0.1) is 5.41 Å². The SMILES string of the molecule is CCOP(=O)(OCC)C(c1ccc(O)cc1)C(C)(C)C. The Bertz CT molecular complexity index is 452. The van der Waals surface area contributed by atoms with Crippen LogP contribution in [0.15, 0.2) is 24.3 Å². The Kier molecular flexibility index (Phi) is 5.81. The molecule has 0 aliphatic heterocycles. The van der Waals surface area contributed by atoms with Crippen LogP contribution in [0.25, 0.3) is 0 Å². The number of rotatable bonds is 6. The molecule has 4 nitrogen and oxygen atoms in total. The van der Waals surface area contributed by atoms with Crippen molar-refractivity contribution in [1.82, 2.24) is 0 Å². The molecule has 0 saturated carbocycles. The van der Waals surface area contributed by atoms with E-state index in [4.69, 9.17) is 9.05 Å². The summed E-state index contributed by atoms with van der Waals surface area (Å²) in [6.45, 7) is 10.3. The molecule has 1 N–H and O–H groups in total.